The van der Waals surface area contributed by atoms with Gasteiger partial charge in [-0.2, -0.15) is 0 Å². The van der Waals surface area contributed by atoms with E-state index >= 15 is 0 Å². The van der Waals surface area contributed by atoms with E-state index in [1.165, 1.54) is 11.1 Å². The maximum Gasteiger partial charge on any atom is 0.127 e. The largest absolute Gasteiger partial charge is 0.496 e. The highest BCUT2D eigenvalue weighted by atomic mass is 16.5. The number of hydrogen-bond acceptors (Lipinski definition) is 2. The molecule has 0 aromatic heterocycles. The minimum atomic E-state index is 0.930. The van der Waals surface area contributed by atoms with Gasteiger partial charge < -0.3 is 14.8 Å². The van der Waals surface area contributed by atoms with Crippen molar-refractivity contribution in [1.82, 2.24) is 0 Å². The van der Waals surface area contributed by atoms with Gasteiger partial charge in [0.1, 0.15) is 18.0 Å². The molecule has 3 heteroatoms. The summed E-state index contributed by atoms with van der Waals surface area (Å²) in [4.78, 5) is 0. The number of nitrogens with two attached hydrogens (primary N) is 1. The first-order chi connectivity index (χ1) is 9.85. The molecule has 20 heavy (non-hydrogen) atoms. The van der Waals surface area contributed by atoms with Gasteiger partial charge in [0, 0.05) is 12.0 Å². The van der Waals surface area contributed by atoms with Crippen LogP contribution in [0.4, 0.5) is 0 Å². The van der Waals surface area contributed by atoms with Crippen molar-refractivity contribution in [2.24, 2.45) is 0 Å². The lowest BCUT2D eigenvalue weighted by molar-refractivity contribution is -0.670. The van der Waals surface area contributed by atoms with Gasteiger partial charge in [0.25, 0.3) is 0 Å². The number of methoxy groups -OCH3 is 2. The molecule has 0 amide bonds. The van der Waals surface area contributed by atoms with Gasteiger partial charge in [0.15, 0.2) is 0 Å². The minimum Gasteiger partial charge on any atom is -0.496 e. The molecule has 0 fully saturated rings. The second kappa shape index (κ2) is 7.56. The van der Waals surface area contributed by atoms with E-state index in [1.807, 2.05) is 30.3 Å². The van der Waals surface area contributed by atoms with Gasteiger partial charge >= 0.3 is 0 Å². The molecule has 0 aliphatic rings. The SMILES string of the molecule is COc1ccccc1CC[NH2+]Cc1ccccc1OC. The molecule has 2 aromatic carbocycles. The monoisotopic (exact) mass is 272 g/mol. The van der Waals surface area contributed by atoms with E-state index < -0.39 is 0 Å². The number of quaternary nitrogens is 1. The van der Waals surface area contributed by atoms with Crippen LogP contribution in [0, 0.1) is 0 Å². The van der Waals surface area contributed by atoms with Crippen molar-refractivity contribution in [3.8, 4) is 11.5 Å². The smallest absolute Gasteiger partial charge is 0.127 e. The minimum absolute atomic E-state index is 0.930. The van der Waals surface area contributed by atoms with Crippen molar-refractivity contribution >= 4 is 0 Å². The fourth-order valence-corrected chi connectivity index (χ4v) is 2.30. The zero-order valence-corrected chi connectivity index (χ0v) is 12.1. The van der Waals surface area contributed by atoms with Crippen molar-refractivity contribution in [2.75, 3.05) is 20.8 Å². The van der Waals surface area contributed by atoms with Crippen LogP contribution < -0.4 is 14.8 Å². The first-order valence-corrected chi connectivity index (χ1v) is 6.90. The highest BCUT2D eigenvalue weighted by molar-refractivity contribution is 5.33. The fourth-order valence-electron chi connectivity index (χ4n) is 2.30. The molecule has 2 aromatic rings. The van der Waals surface area contributed by atoms with E-state index in [0.29, 0.717) is 0 Å². The molecule has 0 saturated carbocycles. The van der Waals surface area contributed by atoms with Crippen molar-refractivity contribution in [2.45, 2.75) is 13.0 Å². The zero-order chi connectivity index (χ0) is 14.2. The molecule has 2 N–H and O–H groups in total. The molecule has 106 valence electrons. The maximum atomic E-state index is 5.36. The van der Waals surface area contributed by atoms with Crippen LogP contribution in [0.15, 0.2) is 48.5 Å². The number of para-hydroxylation sites is 2. The molecule has 0 spiro atoms. The van der Waals surface area contributed by atoms with E-state index in [2.05, 4.69) is 23.5 Å². The first-order valence-electron chi connectivity index (χ1n) is 6.90. The van der Waals surface area contributed by atoms with Crippen LogP contribution in [0.3, 0.4) is 0 Å². The van der Waals surface area contributed by atoms with E-state index in [4.69, 9.17) is 9.47 Å². The highest BCUT2D eigenvalue weighted by Gasteiger charge is 2.05. The van der Waals surface area contributed by atoms with Gasteiger partial charge in [-0.3, -0.25) is 0 Å². The molecule has 0 aliphatic carbocycles. The summed E-state index contributed by atoms with van der Waals surface area (Å²) in [7, 11) is 3.44. The molecule has 0 saturated heterocycles. The lowest BCUT2D eigenvalue weighted by Gasteiger charge is -2.09. The quantitative estimate of drug-likeness (QED) is 0.783. The van der Waals surface area contributed by atoms with Gasteiger partial charge in [-0.25, -0.2) is 0 Å². The lowest BCUT2D eigenvalue weighted by Crippen LogP contribution is -2.83. The van der Waals surface area contributed by atoms with Gasteiger partial charge in [0.05, 0.1) is 20.8 Å². The van der Waals surface area contributed by atoms with E-state index in [0.717, 1.165) is 31.0 Å². The Balaban J connectivity index is 1.84. The summed E-state index contributed by atoms with van der Waals surface area (Å²) in [5.74, 6) is 1.93. The molecule has 0 aliphatic heterocycles. The van der Waals surface area contributed by atoms with E-state index in [1.54, 1.807) is 14.2 Å². The molecule has 0 bridgehead atoms. The summed E-state index contributed by atoms with van der Waals surface area (Å²) < 4.78 is 10.7. The average Bonchev–Trinajstić information content (AvgIpc) is 2.52. The number of benzene rings is 2. The van der Waals surface area contributed by atoms with Crippen molar-refractivity contribution in [3.63, 3.8) is 0 Å². The first kappa shape index (κ1) is 14.4. The summed E-state index contributed by atoms with van der Waals surface area (Å²) in [5, 5.41) is 2.30. The molecule has 0 atom stereocenters. The molecular formula is C17H22NO2+. The Kier molecular flexibility index (Phi) is 5.44. The van der Waals surface area contributed by atoms with Crippen LogP contribution in [0.25, 0.3) is 0 Å². The van der Waals surface area contributed by atoms with Gasteiger partial charge in [0.2, 0.25) is 0 Å². The second-order valence-electron chi connectivity index (χ2n) is 4.66. The summed E-state index contributed by atoms with van der Waals surface area (Å²) in [6.45, 7) is 1.96. The Bertz CT molecular complexity index is 491. The average molecular weight is 272 g/mol. The highest BCUT2D eigenvalue weighted by Crippen LogP contribution is 2.17. The Morgan fingerprint density at radius 2 is 1.35 bits per heavy atom. The fraction of sp³-hybridized carbons (Fsp3) is 0.294. The van der Waals surface area contributed by atoms with E-state index in [9.17, 15) is 0 Å². The van der Waals surface area contributed by atoms with Gasteiger partial charge in [-0.1, -0.05) is 30.3 Å². The Morgan fingerprint density at radius 3 is 2.00 bits per heavy atom. The third-order valence-corrected chi connectivity index (χ3v) is 3.37. The number of hydrogen-bond donors (Lipinski definition) is 1. The molecular weight excluding hydrogens is 250 g/mol. The summed E-state index contributed by atoms with van der Waals surface area (Å²) >= 11 is 0. The maximum absolute atomic E-state index is 5.36. The predicted octanol–water partition coefficient (Wildman–Crippen LogP) is 2.01. The van der Waals surface area contributed by atoms with Crippen LogP contribution in [0.5, 0.6) is 11.5 Å². The molecule has 3 nitrogen and oxygen atoms in total. The van der Waals surface area contributed by atoms with Crippen LogP contribution in [-0.2, 0) is 13.0 Å². The summed E-state index contributed by atoms with van der Waals surface area (Å²) in [5.41, 5.74) is 2.49. The number of rotatable bonds is 7. The molecule has 0 radical (unpaired) electrons. The Labute approximate surface area is 120 Å². The van der Waals surface area contributed by atoms with Crippen LogP contribution in [0.2, 0.25) is 0 Å². The molecule has 2 rings (SSSR count). The van der Waals surface area contributed by atoms with Gasteiger partial charge in [-0.15, -0.1) is 0 Å². The van der Waals surface area contributed by atoms with Crippen molar-refractivity contribution in [3.05, 3.63) is 59.7 Å². The Morgan fingerprint density at radius 1 is 0.800 bits per heavy atom. The Hall–Kier alpha value is -2.00. The molecule has 0 unspecified atom stereocenters. The van der Waals surface area contributed by atoms with Crippen LogP contribution in [0.1, 0.15) is 11.1 Å². The van der Waals surface area contributed by atoms with Crippen LogP contribution >= 0.6 is 0 Å². The molecule has 0 heterocycles. The normalized spacial score (nSPS) is 10.3. The van der Waals surface area contributed by atoms with Gasteiger partial charge in [-0.05, 0) is 23.8 Å². The summed E-state index contributed by atoms with van der Waals surface area (Å²) in [6.07, 6.45) is 0.999. The van der Waals surface area contributed by atoms with Crippen molar-refractivity contribution in [1.29, 1.82) is 0 Å². The number of ether oxygens (including phenoxy) is 2. The van der Waals surface area contributed by atoms with Crippen LogP contribution in [-0.4, -0.2) is 20.8 Å². The lowest BCUT2D eigenvalue weighted by atomic mass is 10.1. The second-order valence-corrected chi connectivity index (χ2v) is 4.66. The standard InChI is InChI=1S/C17H21NO2/c1-19-16-9-5-3-7-14(16)11-12-18-13-15-8-4-6-10-17(15)20-2/h3-10,18H,11-13H2,1-2H3/p+1. The zero-order valence-electron chi connectivity index (χ0n) is 12.1. The predicted molar refractivity (Wildman–Crippen MR) is 80.2 cm³/mol. The van der Waals surface area contributed by atoms with E-state index in [-0.39, 0.29) is 0 Å². The third kappa shape index (κ3) is 3.75. The topological polar surface area (TPSA) is 35.1 Å². The summed E-state index contributed by atoms with van der Waals surface area (Å²) in [6, 6.07) is 16.3. The van der Waals surface area contributed by atoms with Crippen molar-refractivity contribution < 1.29 is 14.8 Å². The third-order valence-electron chi connectivity index (χ3n) is 3.37.